The van der Waals surface area contributed by atoms with Crippen molar-refractivity contribution in [2.45, 2.75) is 6.10 Å². The fourth-order valence-electron chi connectivity index (χ4n) is 0.961. The monoisotopic (exact) mass is 180 g/mol. The fraction of sp³-hybridized carbons (Fsp3) is 0.600. The third kappa shape index (κ3) is 4.55. The summed E-state index contributed by atoms with van der Waals surface area (Å²) in [6.45, 7) is 2.78. The summed E-state index contributed by atoms with van der Waals surface area (Å²) in [6, 6.07) is 0. The van der Waals surface area contributed by atoms with E-state index in [9.17, 15) is 0 Å². The highest BCUT2D eigenvalue weighted by atomic mass is 16.6. The maximum absolute atomic E-state index is 5.35. The summed E-state index contributed by atoms with van der Waals surface area (Å²) in [5.41, 5.74) is 0. The Morgan fingerprint density at radius 2 is 2.38 bits per heavy atom. The number of rotatable bonds is 3. The van der Waals surface area contributed by atoms with E-state index in [4.69, 9.17) is 20.6 Å². The molecule has 0 bridgehead atoms. The van der Waals surface area contributed by atoms with E-state index in [1.54, 1.807) is 0 Å². The molecule has 0 aromatic carbocycles. The molecule has 70 valence electrons. The molecule has 0 saturated carbocycles. The van der Waals surface area contributed by atoms with Gasteiger partial charge in [0.1, 0.15) is 12.7 Å². The van der Waals surface area contributed by atoms with Crippen LogP contribution in [0.1, 0.15) is 0 Å². The molecule has 0 aromatic heterocycles. The third-order valence-electron chi connectivity index (χ3n) is 1.52. The lowest BCUT2D eigenvalue weighted by atomic mass is 10.4. The van der Waals surface area contributed by atoms with Crippen LogP contribution in [0, 0.1) is 24.2 Å². The molecule has 3 heteroatoms. The average molecular weight is 180 g/mol. The Balaban J connectivity index is 2.02. The minimum atomic E-state index is 0.0429. The molecule has 13 heavy (non-hydrogen) atoms. The molecular weight excluding hydrogens is 168 g/mol. The molecule has 0 radical (unpaired) electrons. The topological polar surface area (TPSA) is 27.7 Å². The van der Waals surface area contributed by atoms with Crippen LogP contribution < -0.4 is 0 Å². The van der Waals surface area contributed by atoms with Gasteiger partial charge in [-0.15, -0.1) is 6.42 Å². The molecule has 0 aromatic rings. The van der Waals surface area contributed by atoms with Crippen LogP contribution >= 0.6 is 0 Å². The Bertz CT molecular complexity index is 225. The molecule has 1 aliphatic rings. The lowest BCUT2D eigenvalue weighted by Gasteiger charge is -2.22. The van der Waals surface area contributed by atoms with Crippen LogP contribution in [0.3, 0.4) is 0 Å². The first-order valence-electron chi connectivity index (χ1n) is 4.14. The van der Waals surface area contributed by atoms with E-state index < -0.39 is 0 Å². The molecule has 0 N–H and O–H groups in total. The molecule has 1 fully saturated rings. The van der Waals surface area contributed by atoms with Gasteiger partial charge in [0.2, 0.25) is 0 Å². The van der Waals surface area contributed by atoms with Crippen molar-refractivity contribution in [3.05, 3.63) is 0 Å². The Morgan fingerprint density at radius 3 is 3.08 bits per heavy atom. The molecule has 0 spiro atoms. The second kappa shape index (κ2) is 6.51. The minimum absolute atomic E-state index is 0.0429. The molecule has 1 aliphatic heterocycles. The Hall–Kier alpha value is -1.00. The van der Waals surface area contributed by atoms with Crippen LogP contribution in [0.25, 0.3) is 0 Å². The van der Waals surface area contributed by atoms with Crippen molar-refractivity contribution in [2.24, 2.45) is 0 Å². The quantitative estimate of drug-likeness (QED) is 0.454. The van der Waals surface area contributed by atoms with Crippen molar-refractivity contribution >= 4 is 0 Å². The lowest BCUT2D eigenvalue weighted by Crippen LogP contribution is -2.32. The SMILES string of the molecule is C#CC#CCOCC1COCCO1. The van der Waals surface area contributed by atoms with E-state index >= 15 is 0 Å². The maximum Gasteiger partial charge on any atom is 0.108 e. The van der Waals surface area contributed by atoms with Crippen molar-refractivity contribution < 1.29 is 14.2 Å². The second-order valence-electron chi connectivity index (χ2n) is 2.53. The number of terminal acetylenes is 1. The fourth-order valence-corrected chi connectivity index (χ4v) is 0.961. The molecule has 1 rings (SSSR count). The van der Waals surface area contributed by atoms with Gasteiger partial charge in [0.15, 0.2) is 0 Å². The van der Waals surface area contributed by atoms with Crippen LogP contribution in [0.4, 0.5) is 0 Å². The van der Waals surface area contributed by atoms with Gasteiger partial charge in [-0.1, -0.05) is 5.92 Å². The van der Waals surface area contributed by atoms with E-state index in [-0.39, 0.29) is 6.10 Å². The zero-order valence-corrected chi connectivity index (χ0v) is 7.41. The maximum atomic E-state index is 5.35. The second-order valence-corrected chi connectivity index (χ2v) is 2.53. The van der Waals surface area contributed by atoms with Gasteiger partial charge < -0.3 is 14.2 Å². The first kappa shape index (κ1) is 10.1. The van der Waals surface area contributed by atoms with Gasteiger partial charge in [0.25, 0.3) is 0 Å². The normalized spacial score (nSPS) is 21.3. The largest absolute Gasteiger partial charge is 0.376 e. The highest BCUT2D eigenvalue weighted by molar-refractivity contribution is 5.21. The zero-order chi connectivity index (χ0) is 9.36. The molecule has 1 atom stereocenters. The van der Waals surface area contributed by atoms with Crippen molar-refractivity contribution in [3.63, 3.8) is 0 Å². The molecule has 3 nitrogen and oxygen atoms in total. The Labute approximate surface area is 78.4 Å². The van der Waals surface area contributed by atoms with E-state index in [1.807, 2.05) is 0 Å². The Morgan fingerprint density at radius 1 is 1.46 bits per heavy atom. The van der Waals surface area contributed by atoms with Gasteiger partial charge in [0.05, 0.1) is 26.4 Å². The summed E-state index contributed by atoms with van der Waals surface area (Å²) in [6.07, 6.45) is 4.97. The molecule has 1 saturated heterocycles. The number of hydrogen-bond donors (Lipinski definition) is 0. The summed E-state index contributed by atoms with van der Waals surface area (Å²) in [5, 5.41) is 0. The van der Waals surface area contributed by atoms with Crippen molar-refractivity contribution in [1.82, 2.24) is 0 Å². The first-order valence-corrected chi connectivity index (χ1v) is 4.14. The van der Waals surface area contributed by atoms with Crippen molar-refractivity contribution in [2.75, 3.05) is 33.0 Å². The van der Waals surface area contributed by atoms with Crippen LogP contribution in [0.15, 0.2) is 0 Å². The highest BCUT2D eigenvalue weighted by Crippen LogP contribution is 2.00. The summed E-state index contributed by atoms with van der Waals surface area (Å²) in [7, 11) is 0. The first-order chi connectivity index (χ1) is 6.43. The Kier molecular flexibility index (Phi) is 5.05. The van der Waals surface area contributed by atoms with E-state index in [1.165, 1.54) is 0 Å². The third-order valence-corrected chi connectivity index (χ3v) is 1.52. The standard InChI is InChI=1S/C10H12O3/c1-2-3-4-5-11-8-10-9-12-6-7-13-10/h1,10H,5-9H2. The summed E-state index contributed by atoms with van der Waals surface area (Å²) < 4.78 is 15.7. The molecule has 1 unspecified atom stereocenters. The van der Waals surface area contributed by atoms with Gasteiger partial charge in [-0.3, -0.25) is 0 Å². The van der Waals surface area contributed by atoms with E-state index in [0.29, 0.717) is 33.0 Å². The lowest BCUT2D eigenvalue weighted by molar-refractivity contribution is -0.112. The van der Waals surface area contributed by atoms with Crippen LogP contribution in [-0.2, 0) is 14.2 Å². The van der Waals surface area contributed by atoms with Crippen molar-refractivity contribution in [1.29, 1.82) is 0 Å². The summed E-state index contributed by atoms with van der Waals surface area (Å²) in [4.78, 5) is 0. The predicted octanol–water partition coefficient (Wildman–Crippen LogP) is 0.0550. The minimum Gasteiger partial charge on any atom is -0.376 e. The predicted molar refractivity (Wildman–Crippen MR) is 48.0 cm³/mol. The molecular formula is C10H12O3. The van der Waals surface area contributed by atoms with Gasteiger partial charge in [-0.05, 0) is 11.8 Å². The summed E-state index contributed by atoms with van der Waals surface area (Å²) >= 11 is 0. The van der Waals surface area contributed by atoms with E-state index in [0.717, 1.165) is 0 Å². The summed E-state index contributed by atoms with van der Waals surface area (Å²) in [5.74, 6) is 7.35. The zero-order valence-electron chi connectivity index (χ0n) is 7.41. The van der Waals surface area contributed by atoms with E-state index in [2.05, 4.69) is 17.8 Å². The van der Waals surface area contributed by atoms with Crippen molar-refractivity contribution in [3.8, 4) is 24.2 Å². The van der Waals surface area contributed by atoms with Crippen LogP contribution in [0.2, 0.25) is 0 Å². The van der Waals surface area contributed by atoms with Gasteiger partial charge >= 0.3 is 0 Å². The smallest absolute Gasteiger partial charge is 0.108 e. The van der Waals surface area contributed by atoms with Crippen LogP contribution in [0.5, 0.6) is 0 Å². The highest BCUT2D eigenvalue weighted by Gasteiger charge is 2.13. The number of hydrogen-bond acceptors (Lipinski definition) is 3. The van der Waals surface area contributed by atoms with Gasteiger partial charge in [-0.2, -0.15) is 0 Å². The number of ether oxygens (including phenoxy) is 3. The average Bonchev–Trinajstić information content (AvgIpc) is 2.19. The van der Waals surface area contributed by atoms with Crippen LogP contribution in [-0.4, -0.2) is 39.1 Å². The molecule has 0 aliphatic carbocycles. The van der Waals surface area contributed by atoms with Gasteiger partial charge in [-0.25, -0.2) is 0 Å². The molecule has 0 amide bonds. The molecule has 1 heterocycles. The van der Waals surface area contributed by atoms with Gasteiger partial charge in [0, 0.05) is 0 Å².